The Kier molecular flexibility index (Phi) is 4.64. The second-order valence-corrected chi connectivity index (χ2v) is 3.03. The fourth-order valence-corrected chi connectivity index (χ4v) is 1.21. The van der Waals surface area contributed by atoms with Gasteiger partial charge in [0.05, 0.1) is 6.54 Å². The van der Waals surface area contributed by atoms with Crippen molar-refractivity contribution < 1.29 is 0 Å². The summed E-state index contributed by atoms with van der Waals surface area (Å²) in [7, 11) is 0. The molecule has 1 heterocycles. The van der Waals surface area contributed by atoms with Gasteiger partial charge >= 0.3 is 0 Å². The van der Waals surface area contributed by atoms with Crippen LogP contribution in [-0.4, -0.2) is 33.2 Å². The Hall–Kier alpha value is -1.42. The summed E-state index contributed by atoms with van der Waals surface area (Å²) in [5.41, 5.74) is 0. The highest BCUT2D eigenvalue weighted by molar-refractivity contribution is 4.84. The lowest BCUT2D eigenvalue weighted by Gasteiger charge is -2.17. The zero-order valence-corrected chi connectivity index (χ0v) is 8.32. The number of H-pyrrole nitrogens is 1. The standard InChI is InChI=1S/C10H16N4/c1-3-5-7-14(6-4-2)8-10-11-9-12-13-10/h3-4,9H,1-2,5-8H2,(H,11,12,13). The van der Waals surface area contributed by atoms with Gasteiger partial charge in [0.15, 0.2) is 0 Å². The van der Waals surface area contributed by atoms with Crippen molar-refractivity contribution in [3.63, 3.8) is 0 Å². The molecule has 1 N–H and O–H groups in total. The molecular formula is C10H16N4. The van der Waals surface area contributed by atoms with E-state index >= 15 is 0 Å². The highest BCUT2D eigenvalue weighted by atomic mass is 15.2. The van der Waals surface area contributed by atoms with Crippen molar-refractivity contribution in [2.45, 2.75) is 13.0 Å². The largest absolute Gasteiger partial charge is 0.292 e. The van der Waals surface area contributed by atoms with E-state index in [2.05, 4.69) is 33.2 Å². The molecule has 1 rings (SSSR count). The maximum Gasteiger partial charge on any atom is 0.138 e. The van der Waals surface area contributed by atoms with E-state index in [9.17, 15) is 0 Å². The molecule has 1 aromatic heterocycles. The number of rotatable bonds is 7. The quantitative estimate of drug-likeness (QED) is 0.664. The van der Waals surface area contributed by atoms with E-state index in [1.54, 1.807) is 0 Å². The molecule has 0 amide bonds. The third kappa shape index (κ3) is 3.53. The topological polar surface area (TPSA) is 44.8 Å². The first-order chi connectivity index (χ1) is 6.86. The lowest BCUT2D eigenvalue weighted by Crippen LogP contribution is -2.24. The first-order valence-electron chi connectivity index (χ1n) is 4.65. The average molecular weight is 192 g/mol. The summed E-state index contributed by atoms with van der Waals surface area (Å²) in [5, 5.41) is 6.65. The minimum atomic E-state index is 0.778. The van der Waals surface area contributed by atoms with E-state index < -0.39 is 0 Å². The normalized spacial score (nSPS) is 10.4. The van der Waals surface area contributed by atoms with Crippen LogP contribution in [0.1, 0.15) is 12.2 Å². The van der Waals surface area contributed by atoms with Gasteiger partial charge in [-0.3, -0.25) is 10.00 Å². The van der Waals surface area contributed by atoms with Crippen LogP contribution in [0.15, 0.2) is 31.6 Å². The zero-order chi connectivity index (χ0) is 10.2. The van der Waals surface area contributed by atoms with Crippen LogP contribution in [0, 0.1) is 0 Å². The van der Waals surface area contributed by atoms with Gasteiger partial charge in [-0.15, -0.1) is 13.2 Å². The van der Waals surface area contributed by atoms with E-state index in [4.69, 9.17) is 0 Å². The predicted octanol–water partition coefficient (Wildman–Crippen LogP) is 1.37. The van der Waals surface area contributed by atoms with Gasteiger partial charge in [0.2, 0.25) is 0 Å². The molecule has 0 aliphatic rings. The van der Waals surface area contributed by atoms with Gasteiger partial charge in [-0.1, -0.05) is 12.2 Å². The molecule has 0 saturated heterocycles. The van der Waals surface area contributed by atoms with Crippen molar-refractivity contribution in [2.24, 2.45) is 0 Å². The molecule has 0 radical (unpaired) electrons. The molecule has 76 valence electrons. The molecule has 0 saturated carbocycles. The molecule has 14 heavy (non-hydrogen) atoms. The van der Waals surface area contributed by atoms with Crippen molar-refractivity contribution in [2.75, 3.05) is 13.1 Å². The van der Waals surface area contributed by atoms with Crippen molar-refractivity contribution >= 4 is 0 Å². The maximum atomic E-state index is 4.08. The van der Waals surface area contributed by atoms with Crippen LogP contribution in [0.25, 0.3) is 0 Å². The lowest BCUT2D eigenvalue weighted by atomic mass is 10.3. The number of nitrogens with zero attached hydrogens (tertiary/aromatic N) is 3. The van der Waals surface area contributed by atoms with Gasteiger partial charge in [-0.25, -0.2) is 4.98 Å². The van der Waals surface area contributed by atoms with Crippen LogP contribution in [0.2, 0.25) is 0 Å². The molecule has 0 spiro atoms. The minimum absolute atomic E-state index is 0.778. The van der Waals surface area contributed by atoms with E-state index in [1.165, 1.54) is 6.33 Å². The van der Waals surface area contributed by atoms with Crippen molar-refractivity contribution in [1.82, 2.24) is 20.1 Å². The molecule has 0 aromatic carbocycles. The molecule has 0 unspecified atom stereocenters. The molecule has 1 aromatic rings. The molecule has 0 bridgehead atoms. The lowest BCUT2D eigenvalue weighted by molar-refractivity contribution is 0.293. The molecule has 0 fully saturated rings. The Morgan fingerprint density at radius 2 is 2.29 bits per heavy atom. The second kappa shape index (κ2) is 6.10. The van der Waals surface area contributed by atoms with Gasteiger partial charge in [-0.05, 0) is 6.42 Å². The Bertz CT molecular complexity index is 266. The Labute approximate surface area is 84.3 Å². The highest BCUT2D eigenvalue weighted by Crippen LogP contribution is 1.99. The third-order valence-corrected chi connectivity index (χ3v) is 1.88. The third-order valence-electron chi connectivity index (χ3n) is 1.88. The van der Waals surface area contributed by atoms with E-state index in [-0.39, 0.29) is 0 Å². The van der Waals surface area contributed by atoms with Crippen LogP contribution in [0.5, 0.6) is 0 Å². The summed E-state index contributed by atoms with van der Waals surface area (Å²) in [6.45, 7) is 10.0. The summed E-state index contributed by atoms with van der Waals surface area (Å²) < 4.78 is 0. The van der Waals surface area contributed by atoms with Gasteiger partial charge in [-0.2, -0.15) is 5.10 Å². The average Bonchev–Trinajstić information content (AvgIpc) is 2.67. The number of hydrogen-bond acceptors (Lipinski definition) is 3. The number of hydrogen-bond donors (Lipinski definition) is 1. The van der Waals surface area contributed by atoms with E-state index in [0.29, 0.717) is 0 Å². The van der Waals surface area contributed by atoms with Crippen LogP contribution in [0.4, 0.5) is 0 Å². The summed E-state index contributed by atoms with van der Waals surface area (Å²) in [6.07, 6.45) is 6.30. The Morgan fingerprint density at radius 1 is 1.43 bits per heavy atom. The number of nitrogens with one attached hydrogen (secondary N) is 1. The summed E-state index contributed by atoms with van der Waals surface area (Å²) in [4.78, 5) is 6.31. The Morgan fingerprint density at radius 3 is 2.86 bits per heavy atom. The fourth-order valence-electron chi connectivity index (χ4n) is 1.21. The van der Waals surface area contributed by atoms with Gasteiger partial charge in [0.25, 0.3) is 0 Å². The van der Waals surface area contributed by atoms with Gasteiger partial charge < -0.3 is 0 Å². The summed E-state index contributed by atoms with van der Waals surface area (Å²) >= 11 is 0. The fraction of sp³-hybridized carbons (Fsp3) is 0.400. The molecular weight excluding hydrogens is 176 g/mol. The van der Waals surface area contributed by atoms with Crippen molar-refractivity contribution in [3.05, 3.63) is 37.5 Å². The van der Waals surface area contributed by atoms with Crippen molar-refractivity contribution in [1.29, 1.82) is 0 Å². The van der Waals surface area contributed by atoms with Crippen LogP contribution >= 0.6 is 0 Å². The summed E-state index contributed by atoms with van der Waals surface area (Å²) in [6, 6.07) is 0. The molecule has 0 aliphatic heterocycles. The first-order valence-corrected chi connectivity index (χ1v) is 4.65. The highest BCUT2D eigenvalue weighted by Gasteiger charge is 2.04. The van der Waals surface area contributed by atoms with Crippen LogP contribution in [-0.2, 0) is 6.54 Å². The number of aromatic nitrogens is 3. The SMILES string of the molecule is C=CCCN(CC=C)Cc1ncn[nH]1. The molecule has 4 heteroatoms. The summed E-state index contributed by atoms with van der Waals surface area (Å²) in [5.74, 6) is 0.885. The van der Waals surface area contributed by atoms with Gasteiger partial charge in [0, 0.05) is 13.1 Å². The first kappa shape index (κ1) is 10.7. The smallest absolute Gasteiger partial charge is 0.138 e. The zero-order valence-electron chi connectivity index (χ0n) is 8.32. The van der Waals surface area contributed by atoms with Crippen molar-refractivity contribution in [3.8, 4) is 0 Å². The van der Waals surface area contributed by atoms with E-state index in [1.807, 2.05) is 12.2 Å². The second-order valence-electron chi connectivity index (χ2n) is 3.03. The molecule has 0 aliphatic carbocycles. The van der Waals surface area contributed by atoms with Gasteiger partial charge in [0.1, 0.15) is 12.2 Å². The maximum absolute atomic E-state index is 4.08. The minimum Gasteiger partial charge on any atom is -0.292 e. The molecule has 0 atom stereocenters. The predicted molar refractivity (Wildman–Crippen MR) is 56.7 cm³/mol. The molecule has 4 nitrogen and oxygen atoms in total. The number of aromatic amines is 1. The van der Waals surface area contributed by atoms with Crippen LogP contribution < -0.4 is 0 Å². The van der Waals surface area contributed by atoms with Crippen LogP contribution in [0.3, 0.4) is 0 Å². The monoisotopic (exact) mass is 192 g/mol. The van der Waals surface area contributed by atoms with E-state index in [0.717, 1.165) is 31.9 Å². The Balaban J connectivity index is 2.41.